The van der Waals surface area contributed by atoms with Gasteiger partial charge >= 0.3 is 5.97 Å². The normalized spacial score (nSPS) is 13.5. The molecule has 0 saturated heterocycles. The molecule has 0 aliphatic heterocycles. The van der Waals surface area contributed by atoms with E-state index in [1.54, 1.807) is 20.8 Å². The molecule has 0 aromatic heterocycles. The molecule has 1 aromatic carbocycles. The van der Waals surface area contributed by atoms with Crippen LogP contribution in [0.4, 0.5) is 0 Å². The van der Waals surface area contributed by atoms with Crippen molar-refractivity contribution in [3.05, 3.63) is 28.8 Å². The van der Waals surface area contributed by atoms with Gasteiger partial charge in [0.05, 0.1) is 4.90 Å². The van der Waals surface area contributed by atoms with Gasteiger partial charge in [-0.3, -0.25) is 0 Å². The minimum Gasteiger partial charge on any atom is -0.456 e. The molecule has 20 heavy (non-hydrogen) atoms. The van der Waals surface area contributed by atoms with Crippen LogP contribution in [0.5, 0.6) is 0 Å². The van der Waals surface area contributed by atoms with E-state index in [1.165, 1.54) is 0 Å². The first-order valence-corrected chi connectivity index (χ1v) is 7.47. The van der Waals surface area contributed by atoms with Gasteiger partial charge in [-0.05, 0) is 52.7 Å². The first-order valence-electron chi connectivity index (χ1n) is 6.37. The van der Waals surface area contributed by atoms with Crippen molar-refractivity contribution < 1.29 is 13.7 Å². The maximum Gasteiger partial charge on any atom is 0.350 e. The van der Waals surface area contributed by atoms with Gasteiger partial charge in [-0.1, -0.05) is 17.7 Å². The van der Waals surface area contributed by atoms with Gasteiger partial charge in [-0.25, -0.2) is 9.00 Å². The monoisotopic (exact) mass is 295 g/mol. The van der Waals surface area contributed by atoms with Gasteiger partial charge in [0.25, 0.3) is 0 Å². The van der Waals surface area contributed by atoms with Crippen LogP contribution in [0.2, 0.25) is 0 Å². The van der Waals surface area contributed by atoms with E-state index in [0.29, 0.717) is 4.90 Å². The zero-order valence-electron chi connectivity index (χ0n) is 12.8. The Morgan fingerprint density at radius 1 is 1.20 bits per heavy atom. The lowest BCUT2D eigenvalue weighted by atomic mass is 10.1. The molecule has 0 amide bonds. The van der Waals surface area contributed by atoms with Crippen molar-refractivity contribution in [2.24, 2.45) is 4.40 Å². The Balaban J connectivity index is 2.90. The Kier molecular flexibility index (Phi) is 5.22. The van der Waals surface area contributed by atoms with E-state index in [9.17, 15) is 9.00 Å². The molecule has 1 atom stereocenters. The molecule has 0 fully saturated rings. The summed E-state index contributed by atoms with van der Waals surface area (Å²) in [5.74, 6) is -0.590. The number of carbonyl (C=O) groups excluding carboxylic acids is 1. The van der Waals surface area contributed by atoms with Gasteiger partial charge in [0.2, 0.25) is 0 Å². The predicted octanol–water partition coefficient (Wildman–Crippen LogP) is 3.05. The van der Waals surface area contributed by atoms with Crippen LogP contribution in [0.1, 0.15) is 37.5 Å². The standard InChI is InChI=1S/C15H21NO3S/c1-10-7-11(2)14(12(3)8-10)20(18)16-9-13(17)19-15(4,5)6/h7-9H,1-6H3/b16-9+/t20-/m0/s1. The second kappa shape index (κ2) is 6.31. The Labute approximate surface area is 122 Å². The molecule has 0 unspecified atom stereocenters. The molecule has 0 saturated carbocycles. The molecule has 0 aliphatic carbocycles. The fraction of sp³-hybridized carbons (Fsp3) is 0.467. The zero-order valence-corrected chi connectivity index (χ0v) is 13.6. The molecular weight excluding hydrogens is 274 g/mol. The summed E-state index contributed by atoms with van der Waals surface area (Å²) >= 11 is 0. The number of esters is 1. The van der Waals surface area contributed by atoms with Gasteiger partial charge in [-0.15, -0.1) is 0 Å². The lowest BCUT2D eigenvalue weighted by molar-refractivity contribution is -0.145. The molecule has 4 nitrogen and oxygen atoms in total. The molecule has 0 N–H and O–H groups in total. The lowest BCUT2D eigenvalue weighted by Crippen LogP contribution is -2.24. The largest absolute Gasteiger partial charge is 0.456 e. The van der Waals surface area contributed by atoms with Crippen LogP contribution in [-0.2, 0) is 20.5 Å². The van der Waals surface area contributed by atoms with Gasteiger partial charge in [0.1, 0.15) is 11.8 Å². The van der Waals surface area contributed by atoms with E-state index < -0.39 is 22.6 Å². The highest BCUT2D eigenvalue weighted by Gasteiger charge is 2.15. The molecule has 110 valence electrons. The van der Waals surface area contributed by atoms with E-state index in [1.807, 2.05) is 32.9 Å². The fourth-order valence-electron chi connectivity index (χ4n) is 1.91. The maximum absolute atomic E-state index is 12.2. The predicted molar refractivity (Wildman–Crippen MR) is 81.4 cm³/mol. The summed E-state index contributed by atoms with van der Waals surface area (Å²) in [6.45, 7) is 11.1. The molecule has 0 spiro atoms. The van der Waals surface area contributed by atoms with Crippen molar-refractivity contribution in [3.63, 3.8) is 0 Å². The van der Waals surface area contributed by atoms with Crippen molar-refractivity contribution >= 4 is 23.2 Å². The van der Waals surface area contributed by atoms with Gasteiger partial charge in [0, 0.05) is 0 Å². The quantitative estimate of drug-likeness (QED) is 0.636. The van der Waals surface area contributed by atoms with Crippen molar-refractivity contribution in [3.8, 4) is 0 Å². The van der Waals surface area contributed by atoms with E-state index in [-0.39, 0.29) is 0 Å². The van der Waals surface area contributed by atoms with Crippen LogP contribution in [0, 0.1) is 20.8 Å². The van der Waals surface area contributed by atoms with Crippen LogP contribution in [0.3, 0.4) is 0 Å². The maximum atomic E-state index is 12.2. The van der Waals surface area contributed by atoms with Crippen LogP contribution < -0.4 is 0 Å². The molecule has 0 heterocycles. The Hall–Kier alpha value is -1.49. The van der Waals surface area contributed by atoms with Gasteiger partial charge in [-0.2, -0.15) is 4.40 Å². The fourth-order valence-corrected chi connectivity index (χ4v) is 2.87. The van der Waals surface area contributed by atoms with Crippen molar-refractivity contribution in [2.75, 3.05) is 0 Å². The second-order valence-electron chi connectivity index (χ2n) is 5.74. The topological polar surface area (TPSA) is 55.7 Å². The summed E-state index contributed by atoms with van der Waals surface area (Å²) in [5.41, 5.74) is 2.33. The molecule has 1 aromatic rings. The molecule has 1 rings (SSSR count). The highest BCUT2D eigenvalue weighted by Crippen LogP contribution is 2.20. The van der Waals surface area contributed by atoms with E-state index in [4.69, 9.17) is 4.74 Å². The summed E-state index contributed by atoms with van der Waals surface area (Å²) in [6.07, 6.45) is 0.986. The zero-order chi connectivity index (χ0) is 15.5. The summed E-state index contributed by atoms with van der Waals surface area (Å²) in [7, 11) is -1.60. The first kappa shape index (κ1) is 16.6. The minimum absolute atomic E-state index is 0.583. The third-order valence-corrected chi connectivity index (χ3v) is 3.73. The number of rotatable bonds is 3. The lowest BCUT2D eigenvalue weighted by Gasteiger charge is -2.17. The van der Waals surface area contributed by atoms with E-state index >= 15 is 0 Å². The number of aryl methyl sites for hydroxylation is 3. The minimum atomic E-state index is -1.60. The summed E-state index contributed by atoms with van der Waals surface area (Å²) in [6, 6.07) is 3.90. The number of hydrogen-bond acceptors (Lipinski definition) is 3. The molecule has 0 radical (unpaired) electrons. The number of ether oxygens (including phenoxy) is 1. The molecule has 5 heteroatoms. The van der Waals surface area contributed by atoms with Crippen LogP contribution >= 0.6 is 0 Å². The van der Waals surface area contributed by atoms with Gasteiger partial charge in [0.15, 0.2) is 11.0 Å². The summed E-state index contributed by atoms with van der Waals surface area (Å²) in [5, 5.41) is 0. The van der Waals surface area contributed by atoms with E-state index in [2.05, 4.69) is 4.40 Å². The molecular formula is C15H21NO3S. The average molecular weight is 295 g/mol. The second-order valence-corrected chi connectivity index (χ2v) is 6.86. The smallest absolute Gasteiger partial charge is 0.350 e. The third kappa shape index (κ3) is 4.89. The van der Waals surface area contributed by atoms with Crippen molar-refractivity contribution in [1.29, 1.82) is 0 Å². The Morgan fingerprint density at radius 2 is 1.70 bits per heavy atom. The number of nitrogens with zero attached hydrogens (tertiary/aromatic N) is 1. The van der Waals surface area contributed by atoms with Crippen molar-refractivity contribution in [1.82, 2.24) is 0 Å². The first-order chi connectivity index (χ1) is 9.10. The van der Waals surface area contributed by atoms with Crippen LogP contribution in [0.25, 0.3) is 0 Å². The Bertz CT molecular complexity index is 548. The summed E-state index contributed by atoms with van der Waals surface area (Å²) < 4.78 is 21.1. The highest BCUT2D eigenvalue weighted by molar-refractivity contribution is 7.84. The number of hydrogen-bond donors (Lipinski definition) is 0. The summed E-state index contributed by atoms with van der Waals surface area (Å²) in [4.78, 5) is 12.2. The number of benzene rings is 1. The van der Waals surface area contributed by atoms with Crippen molar-refractivity contribution in [2.45, 2.75) is 52.0 Å². The van der Waals surface area contributed by atoms with Crippen LogP contribution in [0.15, 0.2) is 21.4 Å². The Morgan fingerprint density at radius 3 is 2.15 bits per heavy atom. The van der Waals surface area contributed by atoms with Gasteiger partial charge < -0.3 is 4.74 Å². The van der Waals surface area contributed by atoms with E-state index in [0.717, 1.165) is 22.9 Å². The SMILES string of the molecule is Cc1cc(C)c([S@](=O)/N=C/C(=O)OC(C)(C)C)c(C)c1. The van der Waals surface area contributed by atoms with Crippen LogP contribution in [-0.4, -0.2) is 22.0 Å². The molecule has 0 aliphatic rings. The highest BCUT2D eigenvalue weighted by atomic mass is 32.2. The number of carbonyl (C=O) groups is 1. The third-order valence-electron chi connectivity index (χ3n) is 2.44. The molecule has 0 bridgehead atoms. The average Bonchev–Trinajstić information content (AvgIpc) is 2.22.